The Morgan fingerprint density at radius 1 is 1.12 bits per heavy atom. The lowest BCUT2D eigenvalue weighted by atomic mass is 10.2. The zero-order chi connectivity index (χ0) is 11.7. The Balaban J connectivity index is 2.06. The van der Waals surface area contributed by atoms with Crippen LogP contribution in [0.1, 0.15) is 5.56 Å². The fourth-order valence-electron chi connectivity index (χ4n) is 1.34. The van der Waals surface area contributed by atoms with E-state index >= 15 is 0 Å². The summed E-state index contributed by atoms with van der Waals surface area (Å²) in [5.41, 5.74) is -0.926. The number of rotatable bonds is 3. The topological polar surface area (TPSA) is 66.4 Å². The molecular weight excluding hydrogens is 213 g/mol. The first kappa shape index (κ1) is 10.4. The summed E-state index contributed by atoms with van der Waals surface area (Å²) in [6.45, 7) is 0.249. The predicted octanol–water partition coefficient (Wildman–Crippen LogP) is 0.739. The van der Waals surface area contributed by atoms with Crippen LogP contribution >= 0.6 is 0 Å². The third kappa shape index (κ3) is 1.67. The van der Waals surface area contributed by atoms with Crippen LogP contribution in [0.25, 0.3) is 0 Å². The SMILES string of the molecule is O=c1c(O)c(NCc2ccc(F)cc2)c1=O. The Bertz CT molecular complexity index is 582. The van der Waals surface area contributed by atoms with Gasteiger partial charge in [0.15, 0.2) is 5.75 Å². The van der Waals surface area contributed by atoms with Crippen molar-refractivity contribution < 1.29 is 9.50 Å². The number of hydrogen-bond donors (Lipinski definition) is 2. The van der Waals surface area contributed by atoms with Crippen LogP contribution in [0.5, 0.6) is 5.75 Å². The molecule has 0 fully saturated rings. The Morgan fingerprint density at radius 3 is 2.31 bits per heavy atom. The highest BCUT2D eigenvalue weighted by Crippen LogP contribution is 2.15. The highest BCUT2D eigenvalue weighted by atomic mass is 19.1. The molecule has 0 amide bonds. The summed E-state index contributed by atoms with van der Waals surface area (Å²) in [5.74, 6) is -0.882. The molecule has 0 aromatic heterocycles. The van der Waals surface area contributed by atoms with Gasteiger partial charge in [-0.15, -0.1) is 0 Å². The molecule has 0 aliphatic rings. The fourth-order valence-corrected chi connectivity index (χ4v) is 1.34. The average Bonchev–Trinajstić information content (AvgIpc) is 2.31. The highest BCUT2D eigenvalue weighted by molar-refractivity contribution is 5.60. The molecule has 2 aromatic rings. The minimum Gasteiger partial charge on any atom is -0.502 e. The van der Waals surface area contributed by atoms with Crippen LogP contribution in [-0.2, 0) is 6.54 Å². The van der Waals surface area contributed by atoms with Crippen molar-refractivity contribution >= 4 is 5.69 Å². The van der Waals surface area contributed by atoms with Gasteiger partial charge in [0.2, 0.25) is 0 Å². The second kappa shape index (κ2) is 3.77. The predicted molar refractivity (Wildman–Crippen MR) is 56.7 cm³/mol. The molecule has 2 N–H and O–H groups in total. The molecule has 0 saturated heterocycles. The summed E-state index contributed by atoms with van der Waals surface area (Å²) in [4.78, 5) is 21.6. The molecule has 4 nitrogen and oxygen atoms in total. The third-order valence-corrected chi connectivity index (χ3v) is 2.27. The van der Waals surface area contributed by atoms with E-state index in [4.69, 9.17) is 5.11 Å². The van der Waals surface area contributed by atoms with Crippen molar-refractivity contribution in [3.63, 3.8) is 0 Å². The van der Waals surface area contributed by atoms with Crippen LogP contribution in [0, 0.1) is 5.82 Å². The van der Waals surface area contributed by atoms with E-state index in [9.17, 15) is 14.0 Å². The van der Waals surface area contributed by atoms with Crippen LogP contribution in [0.4, 0.5) is 10.1 Å². The lowest BCUT2D eigenvalue weighted by Gasteiger charge is -2.08. The van der Waals surface area contributed by atoms with Gasteiger partial charge in [-0.3, -0.25) is 9.59 Å². The smallest absolute Gasteiger partial charge is 0.271 e. The fraction of sp³-hybridized carbons (Fsp3) is 0.0909. The lowest BCUT2D eigenvalue weighted by molar-refractivity contribution is 0.465. The van der Waals surface area contributed by atoms with Crippen LogP contribution in [0.2, 0.25) is 0 Å². The molecule has 0 aliphatic carbocycles. The first-order valence-electron chi connectivity index (χ1n) is 4.60. The first-order valence-corrected chi connectivity index (χ1v) is 4.60. The van der Waals surface area contributed by atoms with Crippen molar-refractivity contribution in [2.24, 2.45) is 0 Å². The van der Waals surface area contributed by atoms with Gasteiger partial charge in [-0.2, -0.15) is 0 Å². The number of anilines is 1. The second-order valence-electron chi connectivity index (χ2n) is 3.36. The molecule has 0 heterocycles. The monoisotopic (exact) mass is 221 g/mol. The minimum absolute atomic E-state index is 0.0747. The van der Waals surface area contributed by atoms with Crippen LogP contribution in [0.15, 0.2) is 33.9 Å². The molecule has 0 saturated carbocycles. The zero-order valence-corrected chi connectivity index (χ0v) is 8.16. The van der Waals surface area contributed by atoms with E-state index in [0.29, 0.717) is 0 Å². The van der Waals surface area contributed by atoms with E-state index in [-0.39, 0.29) is 18.0 Å². The van der Waals surface area contributed by atoms with Gasteiger partial charge in [-0.05, 0) is 17.7 Å². The third-order valence-electron chi connectivity index (χ3n) is 2.27. The van der Waals surface area contributed by atoms with E-state index < -0.39 is 16.6 Å². The summed E-state index contributed by atoms with van der Waals surface area (Å²) in [6.07, 6.45) is 0. The molecule has 82 valence electrons. The maximum Gasteiger partial charge on any atom is 0.271 e. The summed E-state index contributed by atoms with van der Waals surface area (Å²) in [5, 5.41) is 11.7. The summed E-state index contributed by atoms with van der Waals surface area (Å²) in [7, 11) is 0. The zero-order valence-electron chi connectivity index (χ0n) is 8.16. The Hall–Kier alpha value is -2.17. The number of nitrogens with one attached hydrogen (secondary N) is 1. The van der Waals surface area contributed by atoms with E-state index in [1.54, 1.807) is 12.1 Å². The standard InChI is InChI=1S/C11H8FNO3/c12-7-3-1-6(2-4-7)5-13-8-9(14)11(16)10(8)15/h1-4,13-14H,5H2. The van der Waals surface area contributed by atoms with E-state index in [2.05, 4.69) is 5.32 Å². The molecule has 16 heavy (non-hydrogen) atoms. The number of halogens is 1. The molecular formula is C11H8FNO3. The highest BCUT2D eigenvalue weighted by Gasteiger charge is 2.19. The van der Waals surface area contributed by atoms with Gasteiger partial charge in [-0.25, -0.2) is 4.39 Å². The largest absolute Gasteiger partial charge is 0.502 e. The Kier molecular flexibility index (Phi) is 2.44. The van der Waals surface area contributed by atoms with Gasteiger partial charge in [0.05, 0.1) is 0 Å². The van der Waals surface area contributed by atoms with Gasteiger partial charge >= 0.3 is 0 Å². The minimum atomic E-state index is -0.874. The van der Waals surface area contributed by atoms with Gasteiger partial charge < -0.3 is 10.4 Å². The Morgan fingerprint density at radius 2 is 1.75 bits per heavy atom. The van der Waals surface area contributed by atoms with Crippen LogP contribution in [0.3, 0.4) is 0 Å². The number of benzene rings is 1. The molecule has 0 bridgehead atoms. The maximum atomic E-state index is 12.6. The van der Waals surface area contributed by atoms with Crippen molar-refractivity contribution in [1.29, 1.82) is 0 Å². The van der Waals surface area contributed by atoms with Crippen molar-refractivity contribution in [2.75, 3.05) is 5.32 Å². The number of aromatic hydroxyl groups is 1. The number of hydrogen-bond acceptors (Lipinski definition) is 4. The van der Waals surface area contributed by atoms with Gasteiger partial charge in [0.25, 0.3) is 10.9 Å². The normalized spacial score (nSPS) is 10.6. The molecule has 2 rings (SSSR count). The second-order valence-corrected chi connectivity index (χ2v) is 3.36. The molecule has 5 heteroatoms. The van der Waals surface area contributed by atoms with Gasteiger partial charge in [-0.1, -0.05) is 12.1 Å². The molecule has 0 spiro atoms. The van der Waals surface area contributed by atoms with Crippen molar-refractivity contribution in [3.8, 4) is 5.75 Å². The Labute approximate surface area is 89.7 Å². The quantitative estimate of drug-likeness (QED) is 0.750. The van der Waals surface area contributed by atoms with E-state index in [1.807, 2.05) is 0 Å². The average molecular weight is 221 g/mol. The lowest BCUT2D eigenvalue weighted by Crippen LogP contribution is -2.33. The van der Waals surface area contributed by atoms with Crippen molar-refractivity contribution in [2.45, 2.75) is 6.54 Å². The van der Waals surface area contributed by atoms with Crippen LogP contribution < -0.4 is 16.2 Å². The van der Waals surface area contributed by atoms with E-state index in [1.165, 1.54) is 12.1 Å². The first-order chi connectivity index (χ1) is 7.59. The summed E-state index contributed by atoms with van der Waals surface area (Å²) in [6, 6.07) is 5.67. The van der Waals surface area contributed by atoms with Crippen molar-refractivity contribution in [1.82, 2.24) is 0 Å². The van der Waals surface area contributed by atoms with Gasteiger partial charge in [0.1, 0.15) is 11.5 Å². The molecule has 0 aliphatic heterocycles. The maximum absolute atomic E-state index is 12.6. The molecule has 2 aromatic carbocycles. The van der Waals surface area contributed by atoms with Crippen LogP contribution in [-0.4, -0.2) is 5.11 Å². The summed E-state index contributed by atoms with van der Waals surface area (Å²) < 4.78 is 12.6. The van der Waals surface area contributed by atoms with E-state index in [0.717, 1.165) is 5.56 Å². The molecule has 0 atom stereocenters. The van der Waals surface area contributed by atoms with Gasteiger partial charge in [0, 0.05) is 6.54 Å². The summed E-state index contributed by atoms with van der Waals surface area (Å²) >= 11 is 0. The molecule has 0 unspecified atom stereocenters. The molecule has 0 radical (unpaired) electrons. The van der Waals surface area contributed by atoms with Crippen molar-refractivity contribution in [3.05, 3.63) is 56.1 Å².